The van der Waals surface area contributed by atoms with Crippen LogP contribution in [-0.4, -0.2) is 64.9 Å². The standard InChI is InChI=1S/C24H29N3O4/c1-4-26(5-2)14-7-15-27-21(18-8-6-9-19(16-18)31-3)20(23(29)24(27)30)22(28)17-10-12-25-13-11-17/h6,8-13,16,21,28H,4-5,7,14-15H2,1-3H3/b22-20+. The van der Waals surface area contributed by atoms with Crippen LogP contribution >= 0.6 is 0 Å². The lowest BCUT2D eigenvalue weighted by atomic mass is 9.95. The van der Waals surface area contributed by atoms with Gasteiger partial charge in [0.25, 0.3) is 11.7 Å². The summed E-state index contributed by atoms with van der Waals surface area (Å²) in [5, 5.41) is 11.0. The van der Waals surface area contributed by atoms with Crippen molar-refractivity contribution in [2.45, 2.75) is 26.3 Å². The van der Waals surface area contributed by atoms with E-state index in [0.29, 0.717) is 17.9 Å². The molecule has 31 heavy (non-hydrogen) atoms. The number of amides is 1. The van der Waals surface area contributed by atoms with E-state index in [0.717, 1.165) is 31.6 Å². The van der Waals surface area contributed by atoms with E-state index in [9.17, 15) is 14.7 Å². The van der Waals surface area contributed by atoms with Gasteiger partial charge in [-0.05, 0) is 55.9 Å². The maximum Gasteiger partial charge on any atom is 0.295 e. The number of aromatic nitrogens is 1. The van der Waals surface area contributed by atoms with Crippen LogP contribution in [0.3, 0.4) is 0 Å². The van der Waals surface area contributed by atoms with Gasteiger partial charge >= 0.3 is 0 Å². The highest BCUT2D eigenvalue weighted by Crippen LogP contribution is 2.40. The van der Waals surface area contributed by atoms with Gasteiger partial charge in [0.2, 0.25) is 0 Å². The molecule has 1 aromatic heterocycles. The van der Waals surface area contributed by atoms with Gasteiger partial charge in [0.05, 0.1) is 18.7 Å². The largest absolute Gasteiger partial charge is 0.507 e. The van der Waals surface area contributed by atoms with Crippen LogP contribution in [0.2, 0.25) is 0 Å². The minimum absolute atomic E-state index is 0.0901. The van der Waals surface area contributed by atoms with E-state index in [1.54, 1.807) is 36.3 Å². The minimum Gasteiger partial charge on any atom is -0.507 e. The van der Waals surface area contributed by atoms with Crippen molar-refractivity contribution in [1.82, 2.24) is 14.8 Å². The number of hydrogen-bond donors (Lipinski definition) is 1. The Labute approximate surface area is 183 Å². The molecule has 1 aliphatic heterocycles. The number of ketones is 1. The van der Waals surface area contributed by atoms with Crippen LogP contribution in [0, 0.1) is 0 Å². The number of likely N-dealkylation sites (tertiary alicyclic amines) is 1. The molecule has 0 spiro atoms. The molecule has 0 aliphatic carbocycles. The zero-order valence-electron chi connectivity index (χ0n) is 18.2. The first-order valence-corrected chi connectivity index (χ1v) is 10.6. The number of benzene rings is 1. The maximum absolute atomic E-state index is 13.0. The molecular formula is C24H29N3O4. The molecule has 1 saturated heterocycles. The normalized spacial score (nSPS) is 18.1. The Balaban J connectivity index is 2.03. The lowest BCUT2D eigenvalue weighted by Gasteiger charge is -2.27. The van der Waals surface area contributed by atoms with Gasteiger partial charge in [-0.1, -0.05) is 26.0 Å². The summed E-state index contributed by atoms with van der Waals surface area (Å²) < 4.78 is 5.34. The number of hydrogen-bond acceptors (Lipinski definition) is 6. The number of carbonyl (C=O) groups is 2. The SMILES string of the molecule is CCN(CC)CCCN1C(=O)C(=O)/C(=C(/O)c2ccncc2)C1c1cccc(OC)c1. The number of aliphatic hydroxyl groups is 1. The first kappa shape index (κ1) is 22.5. The van der Waals surface area contributed by atoms with Gasteiger partial charge in [-0.3, -0.25) is 14.6 Å². The van der Waals surface area contributed by atoms with Crippen LogP contribution in [0.25, 0.3) is 5.76 Å². The molecule has 7 heteroatoms. The van der Waals surface area contributed by atoms with Crippen LogP contribution in [0.5, 0.6) is 5.75 Å². The number of aliphatic hydroxyl groups excluding tert-OH is 1. The molecule has 0 radical (unpaired) electrons. The molecule has 1 unspecified atom stereocenters. The van der Waals surface area contributed by atoms with Crippen LogP contribution in [0.4, 0.5) is 0 Å². The molecule has 2 aromatic rings. The van der Waals surface area contributed by atoms with Crippen molar-refractivity contribution in [2.75, 3.05) is 33.3 Å². The topological polar surface area (TPSA) is 83.0 Å². The highest BCUT2D eigenvalue weighted by Gasteiger charge is 2.45. The van der Waals surface area contributed by atoms with Crippen LogP contribution < -0.4 is 4.74 Å². The van der Waals surface area contributed by atoms with Crippen LogP contribution in [0.1, 0.15) is 37.4 Å². The van der Waals surface area contributed by atoms with E-state index < -0.39 is 17.7 Å². The summed E-state index contributed by atoms with van der Waals surface area (Å²) in [6.07, 6.45) is 3.80. The number of pyridine rings is 1. The Morgan fingerprint density at radius 3 is 2.52 bits per heavy atom. The molecular weight excluding hydrogens is 394 g/mol. The molecule has 1 aromatic carbocycles. The fraction of sp³-hybridized carbons (Fsp3) is 0.375. The molecule has 1 aliphatic rings. The summed E-state index contributed by atoms with van der Waals surface area (Å²) >= 11 is 0. The number of ether oxygens (including phenoxy) is 1. The lowest BCUT2D eigenvalue weighted by Crippen LogP contribution is -2.33. The van der Waals surface area contributed by atoms with Crippen molar-refractivity contribution >= 4 is 17.4 Å². The average molecular weight is 424 g/mol. The second-order valence-electron chi connectivity index (χ2n) is 7.39. The first-order valence-electron chi connectivity index (χ1n) is 10.6. The summed E-state index contributed by atoms with van der Waals surface area (Å²) in [7, 11) is 1.57. The third kappa shape index (κ3) is 4.77. The Morgan fingerprint density at radius 1 is 1.16 bits per heavy atom. The fourth-order valence-corrected chi connectivity index (χ4v) is 3.94. The molecule has 0 saturated carbocycles. The second-order valence-corrected chi connectivity index (χ2v) is 7.39. The Morgan fingerprint density at radius 2 is 1.87 bits per heavy atom. The number of methoxy groups -OCH3 is 1. The molecule has 1 fully saturated rings. The minimum atomic E-state index is -0.681. The van der Waals surface area contributed by atoms with Gasteiger partial charge in [0.1, 0.15) is 11.5 Å². The summed E-state index contributed by atoms with van der Waals surface area (Å²) in [4.78, 5) is 33.8. The van der Waals surface area contributed by atoms with Crippen molar-refractivity contribution in [3.05, 3.63) is 65.5 Å². The summed E-state index contributed by atoms with van der Waals surface area (Å²) in [6, 6.07) is 9.82. The van der Waals surface area contributed by atoms with Gasteiger partial charge in [-0.2, -0.15) is 0 Å². The number of carbonyl (C=O) groups excluding carboxylic acids is 2. The van der Waals surface area contributed by atoms with Crippen LogP contribution in [0.15, 0.2) is 54.4 Å². The zero-order chi connectivity index (χ0) is 22.4. The van der Waals surface area contributed by atoms with E-state index in [1.165, 1.54) is 12.4 Å². The Hall–Kier alpha value is -3.19. The molecule has 1 atom stereocenters. The number of nitrogens with zero attached hydrogens (tertiary/aromatic N) is 3. The van der Waals surface area contributed by atoms with Crippen molar-refractivity contribution < 1.29 is 19.4 Å². The lowest BCUT2D eigenvalue weighted by molar-refractivity contribution is -0.140. The van der Waals surface area contributed by atoms with Gasteiger partial charge in [0.15, 0.2) is 0 Å². The van der Waals surface area contributed by atoms with E-state index in [-0.39, 0.29) is 11.3 Å². The van der Waals surface area contributed by atoms with E-state index >= 15 is 0 Å². The summed E-state index contributed by atoms with van der Waals surface area (Å²) in [6.45, 7) is 7.29. The second kappa shape index (κ2) is 10.2. The van der Waals surface area contributed by atoms with Gasteiger partial charge in [-0.25, -0.2) is 0 Å². The predicted octanol–water partition coefficient (Wildman–Crippen LogP) is 3.24. The molecule has 164 valence electrons. The molecule has 0 bridgehead atoms. The molecule has 3 rings (SSSR count). The van der Waals surface area contributed by atoms with Crippen molar-refractivity contribution in [1.29, 1.82) is 0 Å². The Kier molecular flexibility index (Phi) is 7.41. The maximum atomic E-state index is 13.0. The molecule has 2 heterocycles. The molecule has 1 N–H and O–H groups in total. The van der Waals surface area contributed by atoms with E-state index in [2.05, 4.69) is 23.7 Å². The number of Topliss-reactive ketones (excluding diaryl/α,β-unsaturated/α-hetero) is 1. The van der Waals surface area contributed by atoms with E-state index in [1.807, 2.05) is 12.1 Å². The highest BCUT2D eigenvalue weighted by molar-refractivity contribution is 6.46. The third-order valence-electron chi connectivity index (χ3n) is 5.67. The highest BCUT2D eigenvalue weighted by atomic mass is 16.5. The van der Waals surface area contributed by atoms with Crippen LogP contribution in [-0.2, 0) is 9.59 Å². The van der Waals surface area contributed by atoms with E-state index in [4.69, 9.17) is 4.74 Å². The number of rotatable bonds is 9. The predicted molar refractivity (Wildman–Crippen MR) is 119 cm³/mol. The fourth-order valence-electron chi connectivity index (χ4n) is 3.94. The monoisotopic (exact) mass is 423 g/mol. The van der Waals surface area contributed by atoms with Crippen molar-refractivity contribution in [2.24, 2.45) is 0 Å². The van der Waals surface area contributed by atoms with Gasteiger partial charge in [0, 0.05) is 24.5 Å². The smallest absolute Gasteiger partial charge is 0.295 e. The summed E-state index contributed by atoms with van der Waals surface area (Å²) in [5.41, 5.74) is 1.26. The first-order chi connectivity index (χ1) is 15.0. The van der Waals surface area contributed by atoms with Crippen molar-refractivity contribution in [3.8, 4) is 5.75 Å². The summed E-state index contributed by atoms with van der Waals surface area (Å²) in [5.74, 6) is -0.845. The zero-order valence-corrected chi connectivity index (χ0v) is 18.2. The quantitative estimate of drug-likeness (QED) is 0.379. The van der Waals surface area contributed by atoms with Gasteiger partial charge < -0.3 is 19.6 Å². The Bertz CT molecular complexity index is 954. The molecule has 7 nitrogen and oxygen atoms in total. The third-order valence-corrected chi connectivity index (χ3v) is 5.67. The van der Waals surface area contributed by atoms with Gasteiger partial charge in [-0.15, -0.1) is 0 Å². The average Bonchev–Trinajstić information content (AvgIpc) is 3.07. The molecule has 1 amide bonds. The van der Waals surface area contributed by atoms with Crippen molar-refractivity contribution in [3.63, 3.8) is 0 Å².